The minimum Gasteiger partial charge on any atom is -0.409 e. The van der Waals surface area contributed by atoms with E-state index < -0.39 is 10.2 Å². The zero-order chi connectivity index (χ0) is 13.8. The third kappa shape index (κ3) is 3.69. The molecule has 1 aromatic carbocycles. The molecular formula is C10H16N4O3S. The van der Waals surface area contributed by atoms with E-state index in [1.807, 2.05) is 0 Å². The molecule has 0 spiro atoms. The molecule has 0 atom stereocenters. The molecule has 1 rings (SSSR count). The van der Waals surface area contributed by atoms with Crippen LogP contribution < -0.4 is 10.5 Å². The molecule has 100 valence electrons. The summed E-state index contributed by atoms with van der Waals surface area (Å²) in [7, 11) is -0.536. The Morgan fingerprint density at radius 1 is 1.39 bits per heavy atom. The Bertz CT molecular complexity index is 523. The van der Waals surface area contributed by atoms with Gasteiger partial charge in [-0.15, -0.1) is 0 Å². The largest absolute Gasteiger partial charge is 0.409 e. The first kappa shape index (κ1) is 14.4. The fraction of sp³-hybridized carbons (Fsp3) is 0.300. The predicted molar refractivity (Wildman–Crippen MR) is 68.4 cm³/mol. The number of amidine groups is 1. The van der Waals surface area contributed by atoms with Gasteiger partial charge >= 0.3 is 0 Å². The van der Waals surface area contributed by atoms with Crippen LogP contribution >= 0.6 is 0 Å². The number of oxime groups is 1. The summed E-state index contributed by atoms with van der Waals surface area (Å²) >= 11 is 0. The standard InChI is InChI=1S/C10H16N4O3S/c1-14(2)18(16,17)12-7-8-3-5-9(6-4-8)10(11)13-15/h3-6,12,15H,7H2,1-2H3,(H2,11,13). The van der Waals surface area contributed by atoms with Crippen molar-refractivity contribution in [2.24, 2.45) is 10.9 Å². The summed E-state index contributed by atoms with van der Waals surface area (Å²) < 4.78 is 26.5. The van der Waals surface area contributed by atoms with E-state index in [0.29, 0.717) is 5.56 Å². The molecule has 4 N–H and O–H groups in total. The van der Waals surface area contributed by atoms with Gasteiger partial charge in [0.05, 0.1) is 0 Å². The Morgan fingerprint density at radius 2 is 1.94 bits per heavy atom. The highest BCUT2D eigenvalue weighted by Gasteiger charge is 2.11. The first-order valence-corrected chi connectivity index (χ1v) is 6.55. The number of benzene rings is 1. The number of hydrogen-bond donors (Lipinski definition) is 3. The van der Waals surface area contributed by atoms with E-state index in [4.69, 9.17) is 10.9 Å². The first-order valence-electron chi connectivity index (χ1n) is 5.11. The lowest BCUT2D eigenvalue weighted by molar-refractivity contribution is 0.318. The zero-order valence-electron chi connectivity index (χ0n) is 10.2. The van der Waals surface area contributed by atoms with E-state index in [2.05, 4.69) is 9.88 Å². The van der Waals surface area contributed by atoms with E-state index in [-0.39, 0.29) is 12.4 Å². The topological polar surface area (TPSA) is 108 Å². The first-order chi connectivity index (χ1) is 8.36. The van der Waals surface area contributed by atoms with Gasteiger partial charge in [-0.05, 0) is 5.56 Å². The molecule has 0 aliphatic heterocycles. The summed E-state index contributed by atoms with van der Waals surface area (Å²) in [5, 5.41) is 11.4. The van der Waals surface area contributed by atoms with E-state index in [9.17, 15) is 8.42 Å². The molecule has 0 amide bonds. The van der Waals surface area contributed by atoms with Crippen LogP contribution in [-0.4, -0.2) is 37.9 Å². The van der Waals surface area contributed by atoms with Crippen LogP contribution in [0.15, 0.2) is 29.4 Å². The number of nitrogens with two attached hydrogens (primary N) is 1. The van der Waals surface area contributed by atoms with Crippen LogP contribution in [0.25, 0.3) is 0 Å². The van der Waals surface area contributed by atoms with Crippen LogP contribution in [0.4, 0.5) is 0 Å². The Balaban J connectivity index is 2.71. The van der Waals surface area contributed by atoms with Gasteiger partial charge in [-0.25, -0.2) is 0 Å². The second-order valence-corrected chi connectivity index (χ2v) is 5.76. The third-order valence-corrected chi connectivity index (χ3v) is 3.77. The summed E-state index contributed by atoms with van der Waals surface area (Å²) in [5.74, 6) is 0.00965. The van der Waals surface area contributed by atoms with Gasteiger partial charge in [0.25, 0.3) is 10.2 Å². The molecule has 18 heavy (non-hydrogen) atoms. The summed E-state index contributed by atoms with van der Waals surface area (Å²) in [5.41, 5.74) is 6.75. The van der Waals surface area contributed by atoms with Gasteiger partial charge in [-0.3, -0.25) is 0 Å². The summed E-state index contributed by atoms with van der Waals surface area (Å²) in [6.07, 6.45) is 0. The van der Waals surface area contributed by atoms with Gasteiger partial charge in [0.2, 0.25) is 0 Å². The van der Waals surface area contributed by atoms with E-state index in [1.54, 1.807) is 24.3 Å². The maximum absolute atomic E-state index is 11.5. The van der Waals surface area contributed by atoms with E-state index >= 15 is 0 Å². The predicted octanol–water partition coefficient (Wildman–Crippen LogP) is -0.323. The molecule has 0 saturated heterocycles. The molecule has 0 aliphatic rings. The average Bonchev–Trinajstić information content (AvgIpc) is 2.36. The lowest BCUT2D eigenvalue weighted by Crippen LogP contribution is -2.35. The molecule has 7 nitrogen and oxygen atoms in total. The molecule has 0 aliphatic carbocycles. The second-order valence-electron chi connectivity index (χ2n) is 3.79. The Morgan fingerprint density at radius 3 is 2.39 bits per heavy atom. The SMILES string of the molecule is CN(C)S(=O)(=O)NCc1ccc(C(N)=NO)cc1. The fourth-order valence-corrected chi connectivity index (χ4v) is 1.76. The normalized spacial score (nSPS) is 12.9. The molecule has 0 radical (unpaired) electrons. The molecule has 1 aromatic rings. The number of nitrogens with zero attached hydrogens (tertiary/aromatic N) is 2. The van der Waals surface area contributed by atoms with Crippen LogP contribution in [0, 0.1) is 0 Å². The minimum absolute atomic E-state index is 0.00965. The monoisotopic (exact) mass is 272 g/mol. The maximum atomic E-state index is 11.5. The lowest BCUT2D eigenvalue weighted by Gasteiger charge is -2.12. The van der Waals surface area contributed by atoms with Crippen molar-refractivity contribution in [2.45, 2.75) is 6.54 Å². The molecule has 0 bridgehead atoms. The van der Waals surface area contributed by atoms with Crippen LogP contribution in [-0.2, 0) is 16.8 Å². The van der Waals surface area contributed by atoms with Crippen LogP contribution in [0.2, 0.25) is 0 Å². The van der Waals surface area contributed by atoms with E-state index in [0.717, 1.165) is 9.87 Å². The molecular weight excluding hydrogens is 256 g/mol. The van der Waals surface area contributed by atoms with Crippen molar-refractivity contribution in [1.82, 2.24) is 9.03 Å². The molecule has 0 heterocycles. The van der Waals surface area contributed by atoms with E-state index in [1.165, 1.54) is 14.1 Å². The zero-order valence-corrected chi connectivity index (χ0v) is 11.0. The number of rotatable bonds is 5. The molecule has 0 unspecified atom stereocenters. The highest BCUT2D eigenvalue weighted by Crippen LogP contribution is 2.05. The van der Waals surface area contributed by atoms with Gasteiger partial charge in [0.15, 0.2) is 5.84 Å². The number of hydrogen-bond acceptors (Lipinski definition) is 4. The van der Waals surface area contributed by atoms with Crippen molar-refractivity contribution in [3.63, 3.8) is 0 Å². The lowest BCUT2D eigenvalue weighted by atomic mass is 10.1. The highest BCUT2D eigenvalue weighted by molar-refractivity contribution is 7.87. The highest BCUT2D eigenvalue weighted by atomic mass is 32.2. The molecule has 0 fully saturated rings. The van der Waals surface area contributed by atoms with Gasteiger partial charge in [-0.1, -0.05) is 29.4 Å². The quantitative estimate of drug-likeness (QED) is 0.295. The molecule has 8 heteroatoms. The average molecular weight is 272 g/mol. The minimum atomic E-state index is -3.43. The summed E-state index contributed by atoms with van der Waals surface area (Å²) in [4.78, 5) is 0. The third-order valence-electron chi connectivity index (χ3n) is 2.30. The maximum Gasteiger partial charge on any atom is 0.279 e. The van der Waals surface area contributed by atoms with Crippen LogP contribution in [0.1, 0.15) is 11.1 Å². The molecule has 0 aromatic heterocycles. The fourth-order valence-electron chi connectivity index (χ4n) is 1.15. The Labute approximate surface area is 106 Å². The van der Waals surface area contributed by atoms with Gasteiger partial charge in [-0.2, -0.15) is 17.4 Å². The Hall–Kier alpha value is -1.64. The second kappa shape index (κ2) is 5.80. The van der Waals surface area contributed by atoms with Crippen molar-refractivity contribution < 1.29 is 13.6 Å². The smallest absolute Gasteiger partial charge is 0.279 e. The summed E-state index contributed by atoms with van der Waals surface area (Å²) in [6.45, 7) is 0.178. The Kier molecular flexibility index (Phi) is 4.65. The molecule has 0 saturated carbocycles. The van der Waals surface area contributed by atoms with Crippen molar-refractivity contribution in [3.05, 3.63) is 35.4 Å². The van der Waals surface area contributed by atoms with Gasteiger partial charge < -0.3 is 10.9 Å². The van der Waals surface area contributed by atoms with Crippen LogP contribution in [0.5, 0.6) is 0 Å². The van der Waals surface area contributed by atoms with Crippen molar-refractivity contribution in [2.75, 3.05) is 14.1 Å². The summed E-state index contributed by atoms with van der Waals surface area (Å²) in [6, 6.07) is 6.69. The van der Waals surface area contributed by atoms with Crippen molar-refractivity contribution in [1.29, 1.82) is 0 Å². The van der Waals surface area contributed by atoms with Crippen LogP contribution in [0.3, 0.4) is 0 Å². The van der Waals surface area contributed by atoms with Crippen molar-refractivity contribution in [3.8, 4) is 0 Å². The van der Waals surface area contributed by atoms with Gasteiger partial charge in [0, 0.05) is 26.2 Å². The number of nitrogens with one attached hydrogen (secondary N) is 1. The van der Waals surface area contributed by atoms with Gasteiger partial charge in [0.1, 0.15) is 0 Å². The van der Waals surface area contributed by atoms with Crippen molar-refractivity contribution >= 4 is 16.0 Å².